The zero-order chi connectivity index (χ0) is 10.9. The second-order valence-electron chi connectivity index (χ2n) is 4.00. The Bertz CT molecular complexity index is 388. The van der Waals surface area contributed by atoms with E-state index >= 15 is 0 Å². The summed E-state index contributed by atoms with van der Waals surface area (Å²) in [4.78, 5) is 16.0. The van der Waals surface area contributed by atoms with E-state index in [1.165, 1.54) is 0 Å². The average Bonchev–Trinajstić information content (AvgIpc) is 2.99. The highest BCUT2D eigenvalue weighted by atomic mass is 35.5. The van der Waals surface area contributed by atoms with Gasteiger partial charge in [-0.1, -0.05) is 0 Å². The largest absolute Gasteiger partial charge is 0.345 e. The molecule has 1 aromatic rings. The molecule has 2 rings (SSSR count). The number of nitrogens with zero attached hydrogens (tertiary/aromatic N) is 1. The number of aryl methyl sites for hydroxylation is 1. The van der Waals surface area contributed by atoms with Crippen LogP contribution in [0.25, 0.3) is 0 Å². The fraction of sp³-hybridized carbons (Fsp3) is 0.455. The molecule has 1 aliphatic carbocycles. The minimum Gasteiger partial charge on any atom is -0.345 e. The van der Waals surface area contributed by atoms with Gasteiger partial charge in [-0.15, -0.1) is 11.6 Å². The van der Waals surface area contributed by atoms with Gasteiger partial charge in [-0.25, -0.2) is 0 Å². The van der Waals surface area contributed by atoms with Crippen LogP contribution in [-0.2, 0) is 0 Å². The number of hydrogen-bond donors (Lipinski definition) is 1. The van der Waals surface area contributed by atoms with Crippen molar-refractivity contribution in [3.8, 4) is 0 Å². The zero-order valence-corrected chi connectivity index (χ0v) is 9.34. The summed E-state index contributed by atoms with van der Waals surface area (Å²) < 4.78 is 0. The highest BCUT2D eigenvalue weighted by Crippen LogP contribution is 2.36. The van der Waals surface area contributed by atoms with Gasteiger partial charge in [0.1, 0.15) is 0 Å². The molecule has 0 unspecified atom stereocenters. The van der Waals surface area contributed by atoms with Crippen molar-refractivity contribution in [2.24, 2.45) is 0 Å². The summed E-state index contributed by atoms with van der Waals surface area (Å²) in [5, 5.41) is 2.96. The predicted molar refractivity (Wildman–Crippen MR) is 59.1 cm³/mol. The topological polar surface area (TPSA) is 42.0 Å². The Labute approximate surface area is 93.8 Å². The lowest BCUT2D eigenvalue weighted by molar-refractivity contribution is 0.0935. The van der Waals surface area contributed by atoms with Crippen LogP contribution in [-0.4, -0.2) is 22.3 Å². The lowest BCUT2D eigenvalue weighted by Crippen LogP contribution is -2.38. The fourth-order valence-corrected chi connectivity index (χ4v) is 1.81. The SMILES string of the molecule is Cc1ncccc1C(=O)NC1(CCl)CC1. The molecule has 3 nitrogen and oxygen atoms in total. The van der Waals surface area contributed by atoms with Crippen molar-refractivity contribution in [1.82, 2.24) is 10.3 Å². The minimum atomic E-state index is -0.152. The standard InChI is InChI=1S/C11H13ClN2O/c1-8-9(3-2-6-13-8)10(15)14-11(7-12)4-5-11/h2-3,6H,4-5,7H2,1H3,(H,14,15). The van der Waals surface area contributed by atoms with Crippen molar-refractivity contribution in [2.45, 2.75) is 25.3 Å². The lowest BCUT2D eigenvalue weighted by atomic mass is 10.2. The number of nitrogens with one attached hydrogen (secondary N) is 1. The molecule has 0 atom stereocenters. The Hall–Kier alpha value is -1.09. The van der Waals surface area contributed by atoms with Crippen LogP contribution in [0.2, 0.25) is 0 Å². The second kappa shape index (κ2) is 3.81. The first kappa shape index (κ1) is 10.4. The van der Waals surface area contributed by atoms with Crippen molar-refractivity contribution in [3.05, 3.63) is 29.6 Å². The molecule has 1 fully saturated rings. The first-order chi connectivity index (χ1) is 7.17. The average molecular weight is 225 g/mol. The molecule has 4 heteroatoms. The Balaban J connectivity index is 2.12. The van der Waals surface area contributed by atoms with E-state index in [0.717, 1.165) is 18.5 Å². The number of rotatable bonds is 3. The number of hydrogen-bond acceptors (Lipinski definition) is 2. The first-order valence-electron chi connectivity index (χ1n) is 4.97. The van der Waals surface area contributed by atoms with Gasteiger partial charge in [0.25, 0.3) is 5.91 Å². The first-order valence-corrected chi connectivity index (χ1v) is 5.50. The maximum absolute atomic E-state index is 11.9. The number of carbonyl (C=O) groups excluding carboxylic acids is 1. The maximum atomic E-state index is 11.9. The van der Waals surface area contributed by atoms with Gasteiger partial charge in [0.15, 0.2) is 0 Å². The van der Waals surface area contributed by atoms with Crippen LogP contribution in [0.15, 0.2) is 18.3 Å². The number of carbonyl (C=O) groups is 1. The van der Waals surface area contributed by atoms with Gasteiger partial charge in [-0.3, -0.25) is 9.78 Å². The molecule has 0 aliphatic heterocycles. The lowest BCUT2D eigenvalue weighted by Gasteiger charge is -2.14. The number of amides is 1. The summed E-state index contributed by atoms with van der Waals surface area (Å²) >= 11 is 5.80. The third-order valence-corrected chi connectivity index (χ3v) is 3.25. The van der Waals surface area contributed by atoms with E-state index in [2.05, 4.69) is 10.3 Å². The number of halogens is 1. The molecule has 1 N–H and O–H groups in total. The summed E-state index contributed by atoms with van der Waals surface area (Å²) in [5.74, 6) is 0.414. The molecular weight excluding hydrogens is 212 g/mol. The van der Waals surface area contributed by atoms with Crippen LogP contribution >= 0.6 is 11.6 Å². The summed E-state index contributed by atoms with van der Waals surface area (Å²) in [5.41, 5.74) is 1.23. The summed E-state index contributed by atoms with van der Waals surface area (Å²) in [6, 6.07) is 3.55. The van der Waals surface area contributed by atoms with Crippen molar-refractivity contribution < 1.29 is 4.79 Å². The van der Waals surface area contributed by atoms with E-state index in [1.807, 2.05) is 6.92 Å². The van der Waals surface area contributed by atoms with Gasteiger partial charge in [-0.05, 0) is 31.9 Å². The molecule has 1 saturated carbocycles. The van der Waals surface area contributed by atoms with Gasteiger partial charge in [-0.2, -0.15) is 0 Å². The van der Waals surface area contributed by atoms with E-state index in [0.29, 0.717) is 11.4 Å². The van der Waals surface area contributed by atoms with E-state index in [-0.39, 0.29) is 11.4 Å². The molecule has 0 aromatic carbocycles. The van der Waals surface area contributed by atoms with Crippen molar-refractivity contribution in [1.29, 1.82) is 0 Å². The molecule has 0 saturated heterocycles. The second-order valence-corrected chi connectivity index (χ2v) is 4.27. The molecule has 1 heterocycles. The van der Waals surface area contributed by atoms with Gasteiger partial charge in [0.2, 0.25) is 0 Å². The number of aromatic nitrogens is 1. The molecule has 1 amide bonds. The highest BCUT2D eigenvalue weighted by molar-refractivity contribution is 6.19. The molecule has 15 heavy (non-hydrogen) atoms. The number of alkyl halides is 1. The Morgan fingerprint density at radius 3 is 2.93 bits per heavy atom. The third-order valence-electron chi connectivity index (χ3n) is 2.74. The highest BCUT2D eigenvalue weighted by Gasteiger charge is 2.43. The molecule has 1 aliphatic rings. The quantitative estimate of drug-likeness (QED) is 0.797. The smallest absolute Gasteiger partial charge is 0.253 e. The summed E-state index contributed by atoms with van der Waals surface area (Å²) in [6.07, 6.45) is 3.63. The van der Waals surface area contributed by atoms with Crippen LogP contribution in [0.4, 0.5) is 0 Å². The molecule has 0 bridgehead atoms. The Morgan fingerprint density at radius 1 is 1.67 bits per heavy atom. The van der Waals surface area contributed by atoms with Crippen molar-refractivity contribution in [3.63, 3.8) is 0 Å². The molecule has 1 aromatic heterocycles. The van der Waals surface area contributed by atoms with Crippen LogP contribution in [0.1, 0.15) is 28.9 Å². The minimum absolute atomic E-state index is 0.0706. The maximum Gasteiger partial charge on any atom is 0.253 e. The predicted octanol–water partition coefficient (Wildman–Crippen LogP) is 1.89. The van der Waals surface area contributed by atoms with Gasteiger partial charge in [0, 0.05) is 17.8 Å². The van der Waals surface area contributed by atoms with Crippen LogP contribution in [0.3, 0.4) is 0 Å². The van der Waals surface area contributed by atoms with E-state index in [1.54, 1.807) is 18.3 Å². The molecule has 0 spiro atoms. The van der Waals surface area contributed by atoms with Gasteiger partial charge < -0.3 is 5.32 Å². The van der Waals surface area contributed by atoms with Crippen LogP contribution < -0.4 is 5.32 Å². The summed E-state index contributed by atoms with van der Waals surface area (Å²) in [6.45, 7) is 1.83. The van der Waals surface area contributed by atoms with E-state index < -0.39 is 0 Å². The normalized spacial score (nSPS) is 17.2. The zero-order valence-electron chi connectivity index (χ0n) is 8.59. The van der Waals surface area contributed by atoms with Crippen molar-refractivity contribution in [2.75, 3.05) is 5.88 Å². The third kappa shape index (κ3) is 2.12. The number of pyridine rings is 1. The van der Waals surface area contributed by atoms with E-state index in [9.17, 15) is 4.79 Å². The Morgan fingerprint density at radius 2 is 2.40 bits per heavy atom. The van der Waals surface area contributed by atoms with Gasteiger partial charge >= 0.3 is 0 Å². The van der Waals surface area contributed by atoms with Gasteiger partial charge in [0.05, 0.1) is 11.1 Å². The van der Waals surface area contributed by atoms with Crippen LogP contribution in [0, 0.1) is 6.92 Å². The van der Waals surface area contributed by atoms with Crippen molar-refractivity contribution >= 4 is 17.5 Å². The van der Waals surface area contributed by atoms with Crippen LogP contribution in [0.5, 0.6) is 0 Å². The monoisotopic (exact) mass is 224 g/mol. The molecule has 80 valence electrons. The summed E-state index contributed by atoms with van der Waals surface area (Å²) in [7, 11) is 0. The molecular formula is C11H13ClN2O. The molecule has 0 radical (unpaired) electrons. The Kier molecular flexibility index (Phi) is 2.65. The fourth-order valence-electron chi connectivity index (χ4n) is 1.48. The van der Waals surface area contributed by atoms with E-state index in [4.69, 9.17) is 11.6 Å².